The number of ether oxygens (including phenoxy) is 1. The first-order valence-electron chi connectivity index (χ1n) is 7.01. The number of carbonyl (C=O) groups excluding carboxylic acids is 3. The molecule has 1 atom stereocenters. The van der Waals surface area contributed by atoms with Gasteiger partial charge in [0.05, 0.1) is 7.11 Å². The van der Waals surface area contributed by atoms with Gasteiger partial charge in [-0.25, -0.2) is 0 Å². The molecule has 19 heavy (non-hydrogen) atoms. The topological polar surface area (TPSA) is 63.7 Å². The van der Waals surface area contributed by atoms with Gasteiger partial charge in [0.2, 0.25) is 5.91 Å². The number of nitrogens with zero attached hydrogens (tertiary/aromatic N) is 1. The van der Waals surface area contributed by atoms with E-state index in [0.717, 1.165) is 25.7 Å². The van der Waals surface area contributed by atoms with Crippen LogP contribution in [0.25, 0.3) is 0 Å². The van der Waals surface area contributed by atoms with Crippen molar-refractivity contribution >= 4 is 17.7 Å². The lowest BCUT2D eigenvalue weighted by molar-refractivity contribution is -0.144. The van der Waals surface area contributed by atoms with Gasteiger partial charge in [0.1, 0.15) is 12.2 Å². The van der Waals surface area contributed by atoms with Gasteiger partial charge in [0, 0.05) is 24.9 Å². The van der Waals surface area contributed by atoms with Crippen LogP contribution in [0.3, 0.4) is 0 Å². The molecule has 1 saturated heterocycles. The van der Waals surface area contributed by atoms with Crippen LogP contribution in [0.1, 0.15) is 44.9 Å². The number of methoxy groups -OCH3 is 1. The Balaban J connectivity index is 1.91. The monoisotopic (exact) mass is 267 g/mol. The van der Waals surface area contributed by atoms with Crippen molar-refractivity contribution in [3.63, 3.8) is 0 Å². The van der Waals surface area contributed by atoms with Gasteiger partial charge in [-0.05, 0) is 12.8 Å². The molecular weight excluding hydrogens is 246 g/mol. The lowest BCUT2D eigenvalue weighted by Gasteiger charge is -2.31. The summed E-state index contributed by atoms with van der Waals surface area (Å²) in [6, 6.07) is 0.303. The van der Waals surface area contributed by atoms with Crippen LogP contribution in [-0.4, -0.2) is 42.3 Å². The second-order valence-corrected chi connectivity index (χ2v) is 5.46. The minimum atomic E-state index is -0.520. The van der Waals surface area contributed by atoms with Gasteiger partial charge < -0.3 is 9.64 Å². The fourth-order valence-corrected chi connectivity index (χ4v) is 3.05. The van der Waals surface area contributed by atoms with Crippen molar-refractivity contribution < 1.29 is 19.1 Å². The molecule has 2 rings (SSSR count). The van der Waals surface area contributed by atoms with Crippen LogP contribution in [0.5, 0.6) is 0 Å². The summed E-state index contributed by atoms with van der Waals surface area (Å²) in [6.45, 7) is 0.485. The molecule has 1 aliphatic carbocycles. The molecule has 0 radical (unpaired) electrons. The molecule has 1 heterocycles. The average Bonchev–Trinajstić information content (AvgIpc) is 2.82. The SMILES string of the molecule is COC(=O)CC(=O)[C@@H]1CC(=O)N(C2CCCCC2)C1. The number of Topliss-reactive ketones (excluding diaryl/α,β-unsaturated/α-hetero) is 1. The lowest BCUT2D eigenvalue weighted by Crippen LogP contribution is -2.38. The molecule has 0 aromatic rings. The summed E-state index contributed by atoms with van der Waals surface area (Å²) in [5.41, 5.74) is 0. The van der Waals surface area contributed by atoms with Gasteiger partial charge in [0.25, 0.3) is 0 Å². The zero-order chi connectivity index (χ0) is 13.8. The molecule has 1 aliphatic heterocycles. The fourth-order valence-electron chi connectivity index (χ4n) is 3.05. The molecule has 0 unspecified atom stereocenters. The van der Waals surface area contributed by atoms with Crippen LogP contribution in [0.4, 0.5) is 0 Å². The summed E-state index contributed by atoms with van der Waals surface area (Å²) in [5, 5.41) is 0. The third kappa shape index (κ3) is 3.33. The van der Waals surface area contributed by atoms with Gasteiger partial charge >= 0.3 is 5.97 Å². The van der Waals surface area contributed by atoms with Gasteiger partial charge in [-0.15, -0.1) is 0 Å². The molecule has 1 amide bonds. The largest absolute Gasteiger partial charge is 0.469 e. The molecule has 106 valence electrons. The van der Waals surface area contributed by atoms with Gasteiger partial charge in [-0.2, -0.15) is 0 Å². The smallest absolute Gasteiger partial charge is 0.313 e. The maximum Gasteiger partial charge on any atom is 0.313 e. The van der Waals surface area contributed by atoms with Crippen LogP contribution in [0.15, 0.2) is 0 Å². The summed E-state index contributed by atoms with van der Waals surface area (Å²) in [7, 11) is 1.27. The number of rotatable bonds is 4. The molecule has 0 N–H and O–H groups in total. The van der Waals surface area contributed by atoms with Crippen molar-refractivity contribution in [3.05, 3.63) is 0 Å². The van der Waals surface area contributed by atoms with E-state index in [9.17, 15) is 14.4 Å². The molecule has 0 bridgehead atoms. The standard InChI is InChI=1S/C14H21NO4/c1-19-14(18)8-12(16)10-7-13(17)15(9-10)11-5-3-2-4-6-11/h10-11H,2-9H2,1H3/t10-/m1/s1. The summed E-state index contributed by atoms with van der Waals surface area (Å²) in [4.78, 5) is 36.9. The molecule has 1 saturated carbocycles. The molecule has 2 aliphatic rings. The predicted octanol–water partition coefficient (Wildman–Crippen LogP) is 1.30. The average molecular weight is 267 g/mol. The van der Waals surface area contributed by atoms with Crippen molar-refractivity contribution in [1.29, 1.82) is 0 Å². The Kier molecular flexibility index (Phi) is 4.56. The Morgan fingerprint density at radius 3 is 2.58 bits per heavy atom. The van der Waals surface area contributed by atoms with Gasteiger partial charge in [-0.3, -0.25) is 14.4 Å². The first-order valence-corrected chi connectivity index (χ1v) is 7.01. The molecule has 0 aromatic carbocycles. The summed E-state index contributed by atoms with van der Waals surface area (Å²) in [5.74, 6) is -0.948. The molecule has 0 spiro atoms. The fraction of sp³-hybridized carbons (Fsp3) is 0.786. The van der Waals surface area contributed by atoms with E-state index in [2.05, 4.69) is 4.74 Å². The number of hydrogen-bond donors (Lipinski definition) is 0. The van der Waals surface area contributed by atoms with E-state index in [1.807, 2.05) is 4.90 Å². The number of esters is 1. The maximum absolute atomic E-state index is 12.0. The normalized spacial score (nSPS) is 24.6. The number of amides is 1. The van der Waals surface area contributed by atoms with Crippen molar-refractivity contribution in [1.82, 2.24) is 4.90 Å². The highest BCUT2D eigenvalue weighted by Gasteiger charge is 2.38. The van der Waals surface area contributed by atoms with Crippen molar-refractivity contribution in [3.8, 4) is 0 Å². The Labute approximate surface area is 113 Å². The third-order valence-electron chi connectivity index (χ3n) is 4.18. The van der Waals surface area contributed by atoms with Crippen LogP contribution < -0.4 is 0 Å². The second-order valence-electron chi connectivity index (χ2n) is 5.46. The number of hydrogen-bond acceptors (Lipinski definition) is 4. The quantitative estimate of drug-likeness (QED) is 0.569. The number of carbonyl (C=O) groups is 3. The Morgan fingerprint density at radius 2 is 1.95 bits per heavy atom. The third-order valence-corrected chi connectivity index (χ3v) is 4.18. The Morgan fingerprint density at radius 1 is 1.26 bits per heavy atom. The first-order chi connectivity index (χ1) is 9.11. The summed E-state index contributed by atoms with van der Waals surface area (Å²) >= 11 is 0. The van der Waals surface area contributed by atoms with Crippen molar-refractivity contribution in [2.45, 2.75) is 51.0 Å². The Bertz CT molecular complexity index is 374. The van der Waals surface area contributed by atoms with Crippen LogP contribution in [0.2, 0.25) is 0 Å². The van der Waals surface area contributed by atoms with Crippen LogP contribution in [-0.2, 0) is 19.1 Å². The molecular formula is C14H21NO4. The molecule has 5 nitrogen and oxygen atoms in total. The molecule has 5 heteroatoms. The van der Waals surface area contributed by atoms with Crippen LogP contribution in [0, 0.1) is 5.92 Å². The van der Waals surface area contributed by atoms with Crippen molar-refractivity contribution in [2.75, 3.05) is 13.7 Å². The van der Waals surface area contributed by atoms with E-state index in [4.69, 9.17) is 0 Å². The van der Waals surface area contributed by atoms with Gasteiger partial charge in [-0.1, -0.05) is 19.3 Å². The maximum atomic E-state index is 12.0. The first kappa shape index (κ1) is 14.0. The number of likely N-dealkylation sites (tertiary alicyclic amines) is 1. The van der Waals surface area contributed by atoms with E-state index < -0.39 is 5.97 Å². The van der Waals surface area contributed by atoms with E-state index in [-0.39, 0.29) is 30.4 Å². The van der Waals surface area contributed by atoms with E-state index >= 15 is 0 Å². The van der Waals surface area contributed by atoms with Crippen molar-refractivity contribution in [2.24, 2.45) is 5.92 Å². The minimum Gasteiger partial charge on any atom is -0.469 e. The lowest BCUT2D eigenvalue weighted by atomic mass is 9.94. The van der Waals surface area contributed by atoms with Gasteiger partial charge in [0.15, 0.2) is 0 Å². The van der Waals surface area contributed by atoms with E-state index in [1.54, 1.807) is 0 Å². The van der Waals surface area contributed by atoms with E-state index in [1.165, 1.54) is 13.5 Å². The zero-order valence-corrected chi connectivity index (χ0v) is 11.4. The molecule has 0 aromatic heterocycles. The van der Waals surface area contributed by atoms with E-state index in [0.29, 0.717) is 12.6 Å². The predicted molar refractivity (Wildman–Crippen MR) is 68.3 cm³/mol. The highest BCUT2D eigenvalue weighted by molar-refractivity contribution is 5.99. The Hall–Kier alpha value is -1.39. The second kappa shape index (κ2) is 6.17. The van der Waals surface area contributed by atoms with Crippen LogP contribution >= 0.6 is 0 Å². The highest BCUT2D eigenvalue weighted by atomic mass is 16.5. The molecule has 2 fully saturated rings. The highest BCUT2D eigenvalue weighted by Crippen LogP contribution is 2.29. The number of ketones is 1. The zero-order valence-electron chi connectivity index (χ0n) is 11.4. The minimum absolute atomic E-state index is 0.0649. The summed E-state index contributed by atoms with van der Waals surface area (Å²) < 4.78 is 4.49. The summed E-state index contributed by atoms with van der Waals surface area (Å²) in [6.07, 6.45) is 5.69.